The van der Waals surface area contributed by atoms with Gasteiger partial charge in [0.2, 0.25) is 0 Å². The van der Waals surface area contributed by atoms with Gasteiger partial charge in [-0.05, 0) is 12.1 Å². The van der Waals surface area contributed by atoms with Gasteiger partial charge in [0.15, 0.2) is 0 Å². The lowest BCUT2D eigenvalue weighted by molar-refractivity contribution is 0.295. The van der Waals surface area contributed by atoms with Crippen molar-refractivity contribution in [2.45, 2.75) is 6.42 Å². The molecule has 1 N–H and O–H groups in total. The van der Waals surface area contributed by atoms with Crippen LogP contribution in [0.4, 0.5) is 0 Å². The summed E-state index contributed by atoms with van der Waals surface area (Å²) in [5, 5.41) is 8.82. The molecule has 2 aromatic rings. The molecule has 0 saturated heterocycles. The fourth-order valence-corrected chi connectivity index (χ4v) is 1.52. The van der Waals surface area contributed by atoms with Gasteiger partial charge in [-0.1, -0.05) is 12.1 Å². The van der Waals surface area contributed by atoms with Crippen LogP contribution in [0.25, 0.3) is 11.0 Å². The van der Waals surface area contributed by atoms with E-state index in [-0.39, 0.29) is 6.61 Å². The maximum Gasteiger partial charge on any atom is 0.111 e. The van der Waals surface area contributed by atoms with Crippen molar-refractivity contribution < 1.29 is 5.11 Å². The first kappa shape index (κ1) is 8.26. The van der Waals surface area contributed by atoms with E-state index < -0.39 is 0 Å². The molecule has 0 saturated carbocycles. The number of aliphatic hydroxyl groups is 1. The molecule has 0 amide bonds. The Morgan fingerprint density at radius 2 is 2.15 bits per heavy atom. The van der Waals surface area contributed by atoms with Gasteiger partial charge in [0.05, 0.1) is 17.6 Å². The van der Waals surface area contributed by atoms with Crippen molar-refractivity contribution >= 4 is 11.0 Å². The average molecular weight is 176 g/mol. The Morgan fingerprint density at radius 1 is 1.38 bits per heavy atom. The van der Waals surface area contributed by atoms with Crippen LogP contribution >= 0.6 is 0 Å². The minimum atomic E-state index is 0.150. The molecule has 0 spiro atoms. The summed E-state index contributed by atoms with van der Waals surface area (Å²) in [7, 11) is 1.97. The van der Waals surface area contributed by atoms with Crippen molar-refractivity contribution in [1.82, 2.24) is 9.55 Å². The molecule has 0 aliphatic rings. The fraction of sp³-hybridized carbons (Fsp3) is 0.300. The molecule has 2 rings (SSSR count). The number of benzene rings is 1. The largest absolute Gasteiger partial charge is 0.396 e. The third-order valence-corrected chi connectivity index (χ3v) is 2.22. The Bertz CT molecular complexity index is 420. The van der Waals surface area contributed by atoms with Crippen LogP contribution in [-0.2, 0) is 13.5 Å². The van der Waals surface area contributed by atoms with Gasteiger partial charge >= 0.3 is 0 Å². The molecule has 0 aliphatic heterocycles. The molecule has 0 unspecified atom stereocenters. The number of hydrogen-bond acceptors (Lipinski definition) is 2. The Balaban J connectivity index is 2.60. The third-order valence-electron chi connectivity index (χ3n) is 2.22. The van der Waals surface area contributed by atoms with Gasteiger partial charge in [0.25, 0.3) is 0 Å². The molecule has 1 heterocycles. The van der Waals surface area contributed by atoms with E-state index in [1.54, 1.807) is 0 Å². The highest BCUT2D eigenvalue weighted by molar-refractivity contribution is 5.75. The van der Waals surface area contributed by atoms with Gasteiger partial charge in [0.1, 0.15) is 5.82 Å². The summed E-state index contributed by atoms with van der Waals surface area (Å²) in [4.78, 5) is 4.40. The second-order valence-electron chi connectivity index (χ2n) is 3.05. The molecule has 3 nitrogen and oxygen atoms in total. The van der Waals surface area contributed by atoms with Crippen LogP contribution in [0, 0.1) is 0 Å². The lowest BCUT2D eigenvalue weighted by Gasteiger charge is -1.98. The van der Waals surface area contributed by atoms with E-state index in [2.05, 4.69) is 4.98 Å². The molecule has 0 radical (unpaired) electrons. The van der Waals surface area contributed by atoms with Crippen LogP contribution in [0.1, 0.15) is 5.82 Å². The summed E-state index contributed by atoms with van der Waals surface area (Å²) in [6, 6.07) is 7.98. The van der Waals surface area contributed by atoms with Crippen LogP contribution in [-0.4, -0.2) is 21.3 Å². The van der Waals surface area contributed by atoms with Gasteiger partial charge in [0, 0.05) is 13.5 Å². The van der Waals surface area contributed by atoms with Crippen LogP contribution in [0.5, 0.6) is 0 Å². The molecule has 3 heteroatoms. The lowest BCUT2D eigenvalue weighted by Crippen LogP contribution is -2.00. The number of aromatic nitrogens is 2. The van der Waals surface area contributed by atoms with E-state index >= 15 is 0 Å². The first-order chi connectivity index (χ1) is 6.33. The predicted octanol–water partition coefficient (Wildman–Crippen LogP) is 1.11. The Morgan fingerprint density at radius 3 is 2.85 bits per heavy atom. The molecular weight excluding hydrogens is 164 g/mol. The van der Waals surface area contributed by atoms with E-state index in [0.29, 0.717) is 6.42 Å². The fourth-order valence-electron chi connectivity index (χ4n) is 1.52. The number of aliphatic hydroxyl groups excluding tert-OH is 1. The molecule has 0 bridgehead atoms. The van der Waals surface area contributed by atoms with Crippen LogP contribution < -0.4 is 0 Å². The minimum Gasteiger partial charge on any atom is -0.396 e. The number of para-hydroxylation sites is 2. The molecule has 1 aromatic carbocycles. The summed E-state index contributed by atoms with van der Waals surface area (Å²) in [5.74, 6) is 0.934. The van der Waals surface area contributed by atoms with E-state index in [1.165, 1.54) is 0 Å². The summed E-state index contributed by atoms with van der Waals surface area (Å²) < 4.78 is 2.02. The summed E-state index contributed by atoms with van der Waals surface area (Å²) in [6.07, 6.45) is 0.616. The van der Waals surface area contributed by atoms with Crippen molar-refractivity contribution in [3.05, 3.63) is 30.1 Å². The average Bonchev–Trinajstić information content (AvgIpc) is 2.46. The molecule has 0 fully saturated rings. The predicted molar refractivity (Wildman–Crippen MR) is 51.5 cm³/mol. The van der Waals surface area contributed by atoms with E-state index in [1.807, 2.05) is 35.9 Å². The number of hydrogen-bond donors (Lipinski definition) is 1. The Labute approximate surface area is 76.6 Å². The second-order valence-corrected chi connectivity index (χ2v) is 3.05. The Kier molecular flexibility index (Phi) is 2.02. The zero-order chi connectivity index (χ0) is 9.26. The van der Waals surface area contributed by atoms with Crippen molar-refractivity contribution in [1.29, 1.82) is 0 Å². The highest BCUT2D eigenvalue weighted by Crippen LogP contribution is 2.13. The summed E-state index contributed by atoms with van der Waals surface area (Å²) in [5.41, 5.74) is 2.11. The third kappa shape index (κ3) is 1.31. The number of rotatable bonds is 2. The highest BCUT2D eigenvalue weighted by atomic mass is 16.3. The molecule has 1 aromatic heterocycles. The number of aryl methyl sites for hydroxylation is 1. The quantitative estimate of drug-likeness (QED) is 0.744. The van der Waals surface area contributed by atoms with Crippen molar-refractivity contribution in [3.63, 3.8) is 0 Å². The molecular formula is C10H12N2O. The molecule has 0 aliphatic carbocycles. The van der Waals surface area contributed by atoms with Gasteiger partial charge < -0.3 is 9.67 Å². The maximum absolute atomic E-state index is 8.82. The number of fused-ring (bicyclic) bond motifs is 1. The number of nitrogens with zero attached hydrogens (tertiary/aromatic N) is 2. The van der Waals surface area contributed by atoms with E-state index in [9.17, 15) is 0 Å². The van der Waals surface area contributed by atoms with Crippen LogP contribution in [0.15, 0.2) is 24.3 Å². The van der Waals surface area contributed by atoms with E-state index in [0.717, 1.165) is 16.9 Å². The Hall–Kier alpha value is -1.35. The minimum absolute atomic E-state index is 0.150. The zero-order valence-corrected chi connectivity index (χ0v) is 7.57. The van der Waals surface area contributed by atoms with Crippen molar-refractivity contribution in [3.8, 4) is 0 Å². The second kappa shape index (κ2) is 3.18. The first-order valence-corrected chi connectivity index (χ1v) is 4.34. The molecule has 68 valence electrons. The van der Waals surface area contributed by atoms with Crippen molar-refractivity contribution in [2.75, 3.05) is 6.61 Å². The monoisotopic (exact) mass is 176 g/mol. The smallest absolute Gasteiger partial charge is 0.111 e. The van der Waals surface area contributed by atoms with Gasteiger partial charge in [-0.25, -0.2) is 4.98 Å². The highest BCUT2D eigenvalue weighted by Gasteiger charge is 2.04. The summed E-state index contributed by atoms with van der Waals surface area (Å²) >= 11 is 0. The van der Waals surface area contributed by atoms with E-state index in [4.69, 9.17) is 5.11 Å². The van der Waals surface area contributed by atoms with Crippen LogP contribution in [0.2, 0.25) is 0 Å². The van der Waals surface area contributed by atoms with Crippen molar-refractivity contribution in [2.24, 2.45) is 7.05 Å². The maximum atomic E-state index is 8.82. The zero-order valence-electron chi connectivity index (χ0n) is 7.57. The normalized spacial score (nSPS) is 10.9. The van der Waals surface area contributed by atoms with Crippen LogP contribution in [0.3, 0.4) is 0 Å². The molecule has 13 heavy (non-hydrogen) atoms. The standard InChI is InChI=1S/C10H12N2O/c1-12-9-5-3-2-4-8(9)11-10(12)6-7-13/h2-5,13H,6-7H2,1H3. The topological polar surface area (TPSA) is 38.0 Å². The first-order valence-electron chi connectivity index (χ1n) is 4.34. The van der Waals surface area contributed by atoms with Gasteiger partial charge in [-0.15, -0.1) is 0 Å². The van der Waals surface area contributed by atoms with Gasteiger partial charge in [-0.2, -0.15) is 0 Å². The SMILES string of the molecule is Cn1c(CCO)nc2ccccc21. The lowest BCUT2D eigenvalue weighted by atomic mass is 10.3. The molecule has 0 atom stereocenters. The summed E-state index contributed by atoms with van der Waals surface area (Å²) in [6.45, 7) is 0.150. The van der Waals surface area contributed by atoms with Gasteiger partial charge in [-0.3, -0.25) is 0 Å². The number of imidazole rings is 1.